The molecule has 1 saturated heterocycles. The van der Waals surface area contributed by atoms with E-state index in [2.05, 4.69) is 29.6 Å². The van der Waals surface area contributed by atoms with Crippen molar-refractivity contribution in [1.29, 1.82) is 0 Å². The molecule has 5 heteroatoms. The first kappa shape index (κ1) is 13.2. The fraction of sp³-hybridized carbons (Fsp3) is 0.533. The minimum atomic E-state index is -0.161. The van der Waals surface area contributed by atoms with Gasteiger partial charge in [0.15, 0.2) is 0 Å². The van der Waals surface area contributed by atoms with E-state index in [0.717, 1.165) is 30.9 Å². The summed E-state index contributed by atoms with van der Waals surface area (Å²) in [7, 11) is 4.16. The van der Waals surface area contributed by atoms with Gasteiger partial charge in [-0.05, 0) is 32.6 Å². The van der Waals surface area contributed by atoms with Crippen molar-refractivity contribution in [2.75, 3.05) is 44.4 Å². The van der Waals surface area contributed by atoms with Gasteiger partial charge in [-0.3, -0.25) is 4.79 Å². The number of rotatable bonds is 2. The third-order valence-corrected chi connectivity index (χ3v) is 4.26. The number of carbonyl (C=O) groups is 1. The van der Waals surface area contributed by atoms with Crippen LogP contribution in [0.3, 0.4) is 0 Å². The quantitative estimate of drug-likeness (QED) is 0.846. The van der Waals surface area contributed by atoms with Crippen LogP contribution >= 0.6 is 0 Å². The molecular formula is C15H22N4O. The summed E-state index contributed by atoms with van der Waals surface area (Å²) in [5, 5.41) is 6.68. The van der Waals surface area contributed by atoms with Crippen LogP contribution in [0.1, 0.15) is 6.42 Å². The number of carbonyl (C=O) groups excluding carboxylic acids is 1. The smallest absolute Gasteiger partial charge is 0.246 e. The number of anilines is 2. The Bertz CT molecular complexity index is 502. The summed E-state index contributed by atoms with van der Waals surface area (Å²) in [6.07, 6.45) is 1.06. The lowest BCUT2D eigenvalue weighted by Crippen LogP contribution is -2.48. The number of hydrogen-bond acceptors (Lipinski definition) is 4. The van der Waals surface area contributed by atoms with Crippen LogP contribution in [0.4, 0.5) is 11.4 Å². The average molecular weight is 274 g/mol. The van der Waals surface area contributed by atoms with E-state index in [1.54, 1.807) is 0 Å². The van der Waals surface area contributed by atoms with Crippen LogP contribution in [-0.2, 0) is 4.79 Å². The molecule has 0 saturated carbocycles. The summed E-state index contributed by atoms with van der Waals surface area (Å²) in [5.41, 5.74) is 2.09. The molecule has 1 amide bonds. The van der Waals surface area contributed by atoms with Crippen molar-refractivity contribution in [3.8, 4) is 0 Å². The summed E-state index contributed by atoms with van der Waals surface area (Å²) < 4.78 is 0. The van der Waals surface area contributed by atoms with Crippen LogP contribution in [-0.4, -0.2) is 61.5 Å². The molecule has 0 aromatic heterocycles. The van der Waals surface area contributed by atoms with E-state index in [4.69, 9.17) is 0 Å². The lowest BCUT2D eigenvalue weighted by Gasteiger charge is -2.30. The van der Waals surface area contributed by atoms with Gasteiger partial charge in [-0.25, -0.2) is 0 Å². The molecule has 2 heterocycles. The number of para-hydroxylation sites is 2. The monoisotopic (exact) mass is 274 g/mol. The minimum Gasteiger partial charge on any atom is -0.381 e. The molecule has 1 fully saturated rings. The van der Waals surface area contributed by atoms with Crippen molar-refractivity contribution in [3.63, 3.8) is 0 Å². The largest absolute Gasteiger partial charge is 0.381 e. The van der Waals surface area contributed by atoms with Gasteiger partial charge in [-0.2, -0.15) is 0 Å². The van der Waals surface area contributed by atoms with Crippen molar-refractivity contribution in [2.45, 2.75) is 18.5 Å². The zero-order valence-corrected chi connectivity index (χ0v) is 12.1. The van der Waals surface area contributed by atoms with Crippen LogP contribution in [0.25, 0.3) is 0 Å². The van der Waals surface area contributed by atoms with E-state index in [0.29, 0.717) is 12.6 Å². The second-order valence-corrected chi connectivity index (χ2v) is 5.81. The van der Waals surface area contributed by atoms with Gasteiger partial charge < -0.3 is 20.4 Å². The Kier molecular flexibility index (Phi) is 3.53. The van der Waals surface area contributed by atoms with E-state index < -0.39 is 0 Å². The van der Waals surface area contributed by atoms with Crippen LogP contribution < -0.4 is 10.6 Å². The van der Waals surface area contributed by atoms with Gasteiger partial charge in [0.1, 0.15) is 6.04 Å². The molecule has 2 atom stereocenters. The molecule has 108 valence electrons. The molecule has 3 rings (SSSR count). The van der Waals surface area contributed by atoms with E-state index in [-0.39, 0.29) is 11.9 Å². The molecule has 0 spiro atoms. The Hall–Kier alpha value is -1.75. The molecule has 0 aliphatic carbocycles. The van der Waals surface area contributed by atoms with Gasteiger partial charge in [0.2, 0.25) is 5.91 Å². The Balaban J connectivity index is 1.65. The Morgan fingerprint density at radius 3 is 2.75 bits per heavy atom. The SMILES string of the molecule is CN(C)C1CCN(C(=O)C2CNc3ccccc3N2)C1. The van der Waals surface area contributed by atoms with Crippen LogP contribution in [0.2, 0.25) is 0 Å². The second kappa shape index (κ2) is 5.32. The van der Waals surface area contributed by atoms with Crippen LogP contribution in [0.15, 0.2) is 24.3 Å². The molecule has 1 aromatic rings. The molecule has 20 heavy (non-hydrogen) atoms. The molecule has 2 aliphatic rings. The Morgan fingerprint density at radius 2 is 2.05 bits per heavy atom. The molecule has 1 aromatic carbocycles. The maximum absolute atomic E-state index is 12.6. The van der Waals surface area contributed by atoms with E-state index in [9.17, 15) is 4.79 Å². The van der Waals surface area contributed by atoms with Crippen molar-refractivity contribution in [1.82, 2.24) is 9.80 Å². The number of fused-ring (bicyclic) bond motifs is 1. The highest BCUT2D eigenvalue weighted by molar-refractivity contribution is 5.88. The zero-order chi connectivity index (χ0) is 14.1. The number of hydrogen-bond donors (Lipinski definition) is 2. The van der Waals surface area contributed by atoms with Crippen molar-refractivity contribution in [2.24, 2.45) is 0 Å². The molecule has 2 unspecified atom stereocenters. The lowest BCUT2D eigenvalue weighted by atomic mass is 10.1. The number of likely N-dealkylation sites (tertiary alicyclic amines) is 1. The van der Waals surface area contributed by atoms with Gasteiger partial charge in [0.25, 0.3) is 0 Å². The number of likely N-dealkylation sites (N-methyl/N-ethyl adjacent to an activating group) is 1. The maximum atomic E-state index is 12.6. The maximum Gasteiger partial charge on any atom is 0.246 e. The summed E-state index contributed by atoms with van der Waals surface area (Å²) in [6.45, 7) is 2.35. The third-order valence-electron chi connectivity index (χ3n) is 4.26. The van der Waals surface area contributed by atoms with E-state index >= 15 is 0 Å². The summed E-state index contributed by atoms with van der Waals surface area (Å²) >= 11 is 0. The summed E-state index contributed by atoms with van der Waals surface area (Å²) in [4.78, 5) is 16.8. The first-order chi connectivity index (χ1) is 9.65. The molecular weight excluding hydrogens is 252 g/mol. The van der Waals surface area contributed by atoms with E-state index in [1.165, 1.54) is 0 Å². The number of benzene rings is 1. The van der Waals surface area contributed by atoms with Gasteiger partial charge in [-0.15, -0.1) is 0 Å². The molecule has 5 nitrogen and oxygen atoms in total. The van der Waals surface area contributed by atoms with Crippen molar-refractivity contribution in [3.05, 3.63) is 24.3 Å². The topological polar surface area (TPSA) is 47.6 Å². The normalized spacial score (nSPS) is 25.1. The van der Waals surface area contributed by atoms with Gasteiger partial charge in [-0.1, -0.05) is 12.1 Å². The predicted molar refractivity (Wildman–Crippen MR) is 81.0 cm³/mol. The highest BCUT2D eigenvalue weighted by atomic mass is 16.2. The predicted octanol–water partition coefficient (Wildman–Crippen LogP) is 1.06. The fourth-order valence-corrected chi connectivity index (χ4v) is 2.95. The van der Waals surface area contributed by atoms with E-state index in [1.807, 2.05) is 29.2 Å². The number of nitrogens with one attached hydrogen (secondary N) is 2. The summed E-state index contributed by atoms with van der Waals surface area (Å²) in [5.74, 6) is 0.205. The minimum absolute atomic E-state index is 0.161. The Morgan fingerprint density at radius 1 is 1.30 bits per heavy atom. The molecule has 2 N–H and O–H groups in total. The highest BCUT2D eigenvalue weighted by Crippen LogP contribution is 2.26. The average Bonchev–Trinajstić information content (AvgIpc) is 2.96. The number of nitrogens with zero attached hydrogens (tertiary/aromatic N) is 2. The van der Waals surface area contributed by atoms with Crippen molar-refractivity contribution < 1.29 is 4.79 Å². The molecule has 0 radical (unpaired) electrons. The third kappa shape index (κ3) is 2.45. The van der Waals surface area contributed by atoms with Gasteiger partial charge >= 0.3 is 0 Å². The van der Waals surface area contributed by atoms with Gasteiger partial charge in [0, 0.05) is 25.7 Å². The highest BCUT2D eigenvalue weighted by Gasteiger charge is 2.33. The van der Waals surface area contributed by atoms with Crippen molar-refractivity contribution >= 4 is 17.3 Å². The molecule has 0 bridgehead atoms. The zero-order valence-electron chi connectivity index (χ0n) is 12.1. The number of amides is 1. The summed E-state index contributed by atoms with van der Waals surface area (Å²) in [6, 6.07) is 8.35. The standard InChI is InChI=1S/C15H22N4O/c1-18(2)11-7-8-19(10-11)15(20)14-9-16-12-5-3-4-6-13(12)17-14/h3-6,11,14,16-17H,7-10H2,1-2H3. The molecule has 2 aliphatic heterocycles. The van der Waals surface area contributed by atoms with Crippen LogP contribution in [0, 0.1) is 0 Å². The Labute approximate surface area is 119 Å². The first-order valence-electron chi connectivity index (χ1n) is 7.20. The fourth-order valence-electron chi connectivity index (χ4n) is 2.95. The van der Waals surface area contributed by atoms with Crippen LogP contribution in [0.5, 0.6) is 0 Å². The lowest BCUT2D eigenvalue weighted by molar-refractivity contribution is -0.130. The first-order valence-corrected chi connectivity index (χ1v) is 7.20. The second-order valence-electron chi connectivity index (χ2n) is 5.81. The van der Waals surface area contributed by atoms with Gasteiger partial charge in [0.05, 0.1) is 11.4 Å².